The van der Waals surface area contributed by atoms with E-state index < -0.39 is 22.4 Å². The van der Waals surface area contributed by atoms with Gasteiger partial charge in [-0.2, -0.15) is 0 Å². The number of nitrogens with one attached hydrogen (secondary N) is 1. The average Bonchev–Trinajstić information content (AvgIpc) is 2.42. The van der Waals surface area contributed by atoms with Gasteiger partial charge in [0.15, 0.2) is 0 Å². The normalized spacial score (nSPS) is 11.3. The van der Waals surface area contributed by atoms with Gasteiger partial charge in [0, 0.05) is 6.54 Å². The Bertz CT molecular complexity index is 632. The van der Waals surface area contributed by atoms with Crippen LogP contribution in [0, 0.1) is 17.7 Å². The third-order valence-electron chi connectivity index (χ3n) is 2.40. The van der Waals surface area contributed by atoms with Gasteiger partial charge in [0.2, 0.25) is 10.0 Å². The van der Waals surface area contributed by atoms with Gasteiger partial charge < -0.3 is 9.84 Å². The molecule has 0 aromatic heterocycles. The molecule has 0 aliphatic heterocycles. The van der Waals surface area contributed by atoms with E-state index in [1.165, 1.54) is 12.1 Å². The molecule has 1 aromatic carbocycles. The summed E-state index contributed by atoms with van der Waals surface area (Å²) in [7, 11) is -3.79. The number of halogens is 1. The Labute approximate surface area is 124 Å². The number of hydrogen-bond donors (Lipinski definition) is 2. The smallest absolute Gasteiger partial charge is 0.240 e. The number of aliphatic hydroxyl groups excluding tert-OH is 1. The van der Waals surface area contributed by atoms with Gasteiger partial charge in [-0.15, -0.1) is 0 Å². The summed E-state index contributed by atoms with van der Waals surface area (Å²) in [5, 5.41) is 8.55. The Balaban J connectivity index is 2.77. The van der Waals surface area contributed by atoms with E-state index in [0.29, 0.717) is 0 Å². The topological polar surface area (TPSA) is 75.6 Å². The summed E-state index contributed by atoms with van der Waals surface area (Å²) in [6.07, 6.45) is 0.0105. The van der Waals surface area contributed by atoms with Crippen LogP contribution in [0.1, 0.15) is 19.4 Å². The highest BCUT2D eigenvalue weighted by Crippen LogP contribution is 2.14. The van der Waals surface area contributed by atoms with Gasteiger partial charge in [-0.1, -0.05) is 11.8 Å². The Morgan fingerprint density at radius 2 is 2.14 bits per heavy atom. The zero-order valence-electron chi connectivity index (χ0n) is 11.9. The Morgan fingerprint density at radius 1 is 1.43 bits per heavy atom. The lowest BCUT2D eigenvalue weighted by Gasteiger charge is -2.09. The number of aliphatic hydroxyl groups is 1. The first-order chi connectivity index (χ1) is 9.86. The highest BCUT2D eigenvalue weighted by atomic mass is 32.2. The van der Waals surface area contributed by atoms with Crippen molar-refractivity contribution in [1.82, 2.24) is 4.72 Å². The second kappa shape index (κ2) is 8.10. The molecule has 0 aliphatic rings. The molecule has 21 heavy (non-hydrogen) atoms. The van der Waals surface area contributed by atoms with Crippen molar-refractivity contribution in [3.8, 4) is 11.8 Å². The summed E-state index contributed by atoms with van der Waals surface area (Å²) < 4.78 is 45.1. The van der Waals surface area contributed by atoms with Crippen LogP contribution in [-0.2, 0) is 14.8 Å². The first kappa shape index (κ1) is 17.6. The molecule has 0 atom stereocenters. The molecule has 116 valence electrons. The maximum Gasteiger partial charge on any atom is 0.240 e. The molecule has 7 heteroatoms. The van der Waals surface area contributed by atoms with Crippen LogP contribution in [0.4, 0.5) is 4.39 Å². The van der Waals surface area contributed by atoms with E-state index in [2.05, 4.69) is 16.6 Å². The van der Waals surface area contributed by atoms with E-state index in [9.17, 15) is 12.8 Å². The summed E-state index contributed by atoms with van der Waals surface area (Å²) in [5.41, 5.74) is 0.0335. The molecule has 0 saturated carbocycles. The highest BCUT2D eigenvalue weighted by Gasteiger charge is 2.15. The monoisotopic (exact) mass is 315 g/mol. The van der Waals surface area contributed by atoms with Crippen LogP contribution in [0.15, 0.2) is 23.1 Å². The van der Waals surface area contributed by atoms with Gasteiger partial charge in [0.1, 0.15) is 12.4 Å². The molecule has 0 spiro atoms. The first-order valence-electron chi connectivity index (χ1n) is 6.37. The lowest BCUT2D eigenvalue weighted by Crippen LogP contribution is -2.28. The predicted octanol–water partition coefficient (Wildman–Crippen LogP) is 0.873. The van der Waals surface area contributed by atoms with Gasteiger partial charge in [-0.25, -0.2) is 17.5 Å². The highest BCUT2D eigenvalue weighted by molar-refractivity contribution is 7.89. The van der Waals surface area contributed by atoms with Crippen molar-refractivity contribution in [2.45, 2.75) is 24.8 Å². The Kier molecular flexibility index (Phi) is 6.78. The lowest BCUT2D eigenvalue weighted by molar-refractivity contribution is 0.0834. The van der Waals surface area contributed by atoms with Crippen LogP contribution in [-0.4, -0.2) is 39.4 Å². The molecule has 0 radical (unpaired) electrons. The fourth-order valence-electron chi connectivity index (χ4n) is 1.45. The molecule has 1 aromatic rings. The van der Waals surface area contributed by atoms with E-state index in [1.54, 1.807) is 0 Å². The van der Waals surface area contributed by atoms with Crippen molar-refractivity contribution in [2.75, 3.05) is 19.8 Å². The molecule has 0 fully saturated rings. The van der Waals surface area contributed by atoms with Crippen LogP contribution in [0.2, 0.25) is 0 Å². The van der Waals surface area contributed by atoms with Crippen LogP contribution in [0.3, 0.4) is 0 Å². The van der Waals surface area contributed by atoms with Gasteiger partial charge in [-0.05, 0) is 32.0 Å². The molecular weight excluding hydrogens is 297 g/mol. The van der Waals surface area contributed by atoms with Crippen molar-refractivity contribution >= 4 is 10.0 Å². The summed E-state index contributed by atoms with van der Waals surface area (Å²) >= 11 is 0. The largest absolute Gasteiger partial charge is 0.384 e. The summed E-state index contributed by atoms with van der Waals surface area (Å²) in [5.74, 6) is 3.94. The van der Waals surface area contributed by atoms with Gasteiger partial charge >= 0.3 is 0 Å². The van der Waals surface area contributed by atoms with Crippen LogP contribution >= 0.6 is 0 Å². The molecule has 0 saturated heterocycles. The fourth-order valence-corrected chi connectivity index (χ4v) is 2.48. The molecule has 0 bridgehead atoms. The molecule has 2 N–H and O–H groups in total. The number of ether oxygens (including phenoxy) is 1. The van der Waals surface area contributed by atoms with E-state index in [0.717, 1.165) is 6.07 Å². The first-order valence-corrected chi connectivity index (χ1v) is 7.85. The number of hydrogen-bond acceptors (Lipinski definition) is 4. The summed E-state index contributed by atoms with van der Waals surface area (Å²) in [4.78, 5) is -0.181. The SMILES string of the molecule is CC(C)OCCNS(=O)(=O)c1ccc(C#CCO)c(F)c1. The zero-order valence-corrected chi connectivity index (χ0v) is 12.7. The third kappa shape index (κ3) is 5.81. The maximum atomic E-state index is 13.7. The van der Waals surface area contributed by atoms with E-state index >= 15 is 0 Å². The predicted molar refractivity (Wildman–Crippen MR) is 76.6 cm³/mol. The Hall–Kier alpha value is -1.46. The van der Waals surface area contributed by atoms with Crippen molar-refractivity contribution in [3.05, 3.63) is 29.6 Å². The standard InChI is InChI=1S/C14H18FNO4S/c1-11(2)20-9-7-16-21(18,19)13-6-5-12(4-3-8-17)14(15)10-13/h5-6,10-11,16-17H,7-9H2,1-2H3. The average molecular weight is 315 g/mol. The quantitative estimate of drug-likeness (QED) is 0.603. The Morgan fingerprint density at radius 3 is 2.71 bits per heavy atom. The summed E-state index contributed by atoms with van der Waals surface area (Å²) in [6.45, 7) is 3.64. The molecule has 1 rings (SSSR count). The zero-order chi connectivity index (χ0) is 15.9. The van der Waals surface area contributed by atoms with Crippen LogP contribution < -0.4 is 4.72 Å². The van der Waals surface area contributed by atoms with E-state index in [1.807, 2.05) is 13.8 Å². The molecular formula is C14H18FNO4S. The van der Waals surface area contributed by atoms with E-state index in [4.69, 9.17) is 9.84 Å². The van der Waals surface area contributed by atoms with Crippen molar-refractivity contribution < 1.29 is 22.7 Å². The van der Waals surface area contributed by atoms with Gasteiger partial charge in [0.05, 0.1) is 23.2 Å². The van der Waals surface area contributed by atoms with Gasteiger partial charge in [0.25, 0.3) is 0 Å². The number of benzene rings is 1. The fraction of sp³-hybridized carbons (Fsp3) is 0.429. The van der Waals surface area contributed by atoms with Crippen LogP contribution in [0.25, 0.3) is 0 Å². The second-order valence-corrected chi connectivity index (χ2v) is 6.19. The van der Waals surface area contributed by atoms with Crippen molar-refractivity contribution in [1.29, 1.82) is 0 Å². The molecule has 0 aliphatic carbocycles. The van der Waals surface area contributed by atoms with Gasteiger partial charge in [-0.3, -0.25) is 0 Å². The summed E-state index contributed by atoms with van der Waals surface area (Å²) in [6, 6.07) is 3.42. The molecule has 5 nitrogen and oxygen atoms in total. The number of sulfonamides is 1. The molecule has 0 heterocycles. The third-order valence-corrected chi connectivity index (χ3v) is 3.86. The van der Waals surface area contributed by atoms with Crippen molar-refractivity contribution in [3.63, 3.8) is 0 Å². The minimum atomic E-state index is -3.79. The van der Waals surface area contributed by atoms with E-state index in [-0.39, 0.29) is 29.7 Å². The molecule has 0 unspecified atom stereocenters. The minimum Gasteiger partial charge on any atom is -0.384 e. The molecule has 0 amide bonds. The minimum absolute atomic E-state index is 0.0105. The second-order valence-electron chi connectivity index (χ2n) is 4.42. The van der Waals surface area contributed by atoms with Crippen molar-refractivity contribution in [2.24, 2.45) is 0 Å². The lowest BCUT2D eigenvalue weighted by atomic mass is 10.2. The number of rotatable bonds is 6. The maximum absolute atomic E-state index is 13.7. The van der Waals surface area contributed by atoms with Crippen LogP contribution in [0.5, 0.6) is 0 Å².